The minimum atomic E-state index is 0.297. The molecule has 1 aliphatic rings. The summed E-state index contributed by atoms with van der Waals surface area (Å²) in [5, 5.41) is 3.61. The van der Waals surface area contributed by atoms with E-state index >= 15 is 0 Å². The Balaban J connectivity index is 1.74. The Morgan fingerprint density at radius 1 is 1.32 bits per heavy atom. The van der Waals surface area contributed by atoms with E-state index in [0.717, 1.165) is 37.4 Å². The van der Waals surface area contributed by atoms with Gasteiger partial charge >= 0.3 is 0 Å². The molecule has 4 heteroatoms. The van der Waals surface area contributed by atoms with Crippen molar-refractivity contribution >= 4 is 0 Å². The predicted molar refractivity (Wildman–Crippen MR) is 86.3 cm³/mol. The molecule has 1 aromatic heterocycles. The minimum Gasteiger partial charge on any atom is -0.493 e. The number of aromatic nitrogens is 1. The Labute approximate surface area is 131 Å². The fourth-order valence-corrected chi connectivity index (χ4v) is 2.79. The summed E-state index contributed by atoms with van der Waals surface area (Å²) in [6.45, 7) is 3.60. The molecule has 0 unspecified atom stereocenters. The van der Waals surface area contributed by atoms with Crippen LogP contribution >= 0.6 is 0 Å². The van der Waals surface area contributed by atoms with Crippen LogP contribution < -0.4 is 14.8 Å². The number of pyridine rings is 1. The molecule has 4 nitrogen and oxygen atoms in total. The molecule has 0 spiro atoms. The van der Waals surface area contributed by atoms with E-state index in [0.29, 0.717) is 11.9 Å². The molecule has 0 bridgehead atoms. The number of nitrogens with one attached hydrogen (secondary N) is 1. The van der Waals surface area contributed by atoms with Crippen molar-refractivity contribution in [2.45, 2.75) is 32.4 Å². The van der Waals surface area contributed by atoms with Gasteiger partial charge in [-0.1, -0.05) is 18.2 Å². The summed E-state index contributed by atoms with van der Waals surface area (Å²) in [6.07, 6.45) is 2.12. The molecule has 1 aliphatic heterocycles. The molecule has 1 aromatic carbocycles. The summed E-state index contributed by atoms with van der Waals surface area (Å²) < 4.78 is 11.0. The lowest BCUT2D eigenvalue weighted by molar-refractivity contribution is 0.315. The van der Waals surface area contributed by atoms with Crippen molar-refractivity contribution in [2.75, 3.05) is 13.7 Å². The highest BCUT2D eigenvalue weighted by atomic mass is 16.5. The van der Waals surface area contributed by atoms with E-state index in [4.69, 9.17) is 9.47 Å². The molecule has 1 atom stereocenters. The first-order valence-electron chi connectivity index (χ1n) is 7.73. The number of hydrogen-bond donors (Lipinski definition) is 1. The Kier molecular flexibility index (Phi) is 4.59. The highest BCUT2D eigenvalue weighted by Crippen LogP contribution is 2.32. The van der Waals surface area contributed by atoms with E-state index in [-0.39, 0.29) is 0 Å². The molecule has 0 radical (unpaired) electrons. The number of methoxy groups -OCH3 is 1. The van der Waals surface area contributed by atoms with Crippen LogP contribution in [0.2, 0.25) is 0 Å². The van der Waals surface area contributed by atoms with E-state index < -0.39 is 0 Å². The fraction of sp³-hybridized carbons (Fsp3) is 0.389. The third-order valence-electron chi connectivity index (χ3n) is 3.96. The van der Waals surface area contributed by atoms with E-state index in [9.17, 15) is 0 Å². The Hall–Kier alpha value is -2.07. The summed E-state index contributed by atoms with van der Waals surface area (Å²) in [5.41, 5.74) is 3.46. The minimum absolute atomic E-state index is 0.297. The zero-order valence-electron chi connectivity index (χ0n) is 13.1. The molecule has 0 saturated carbocycles. The van der Waals surface area contributed by atoms with Crippen LogP contribution in [0.3, 0.4) is 0 Å². The first-order chi connectivity index (χ1) is 10.8. The van der Waals surface area contributed by atoms with Gasteiger partial charge in [-0.25, -0.2) is 4.98 Å². The zero-order valence-corrected chi connectivity index (χ0v) is 13.1. The maximum atomic E-state index is 5.87. The zero-order chi connectivity index (χ0) is 15.4. The third kappa shape index (κ3) is 3.39. The summed E-state index contributed by atoms with van der Waals surface area (Å²) in [4.78, 5) is 4.45. The number of aryl methyl sites for hydroxylation is 1. The Morgan fingerprint density at radius 3 is 3.09 bits per heavy atom. The molecule has 116 valence electrons. The first-order valence-corrected chi connectivity index (χ1v) is 7.73. The monoisotopic (exact) mass is 298 g/mol. The van der Waals surface area contributed by atoms with Crippen LogP contribution in [-0.2, 0) is 6.54 Å². The van der Waals surface area contributed by atoms with Gasteiger partial charge in [0, 0.05) is 24.2 Å². The maximum Gasteiger partial charge on any atom is 0.213 e. The Bertz CT molecular complexity index is 643. The van der Waals surface area contributed by atoms with Crippen LogP contribution in [0.1, 0.15) is 35.7 Å². The van der Waals surface area contributed by atoms with Crippen LogP contribution in [0.15, 0.2) is 36.4 Å². The number of fused-ring (bicyclic) bond motifs is 1. The number of benzene rings is 1. The van der Waals surface area contributed by atoms with Crippen molar-refractivity contribution in [1.82, 2.24) is 10.3 Å². The van der Waals surface area contributed by atoms with Crippen LogP contribution in [0.5, 0.6) is 11.6 Å². The standard InChI is InChI=1S/C18H22N2O2/c1-13-8-9-15-16(6-4-10-22-17(15)11-13)19-12-14-5-3-7-18(20-14)21-2/h3,5,7-9,11,16,19H,4,6,10,12H2,1-2H3/t16-/m1/s1. The average Bonchev–Trinajstić information content (AvgIpc) is 2.74. The second-order valence-electron chi connectivity index (χ2n) is 5.64. The predicted octanol–water partition coefficient (Wildman–Crippen LogP) is 3.40. The topological polar surface area (TPSA) is 43.4 Å². The van der Waals surface area contributed by atoms with Gasteiger partial charge in [0.25, 0.3) is 0 Å². The molecule has 2 heterocycles. The van der Waals surface area contributed by atoms with Gasteiger partial charge < -0.3 is 14.8 Å². The Morgan fingerprint density at radius 2 is 2.23 bits per heavy atom. The van der Waals surface area contributed by atoms with Crippen molar-refractivity contribution in [2.24, 2.45) is 0 Å². The summed E-state index contributed by atoms with van der Waals surface area (Å²) >= 11 is 0. The maximum absolute atomic E-state index is 5.87. The second-order valence-corrected chi connectivity index (χ2v) is 5.64. The molecule has 0 amide bonds. The van der Waals surface area contributed by atoms with Crippen LogP contribution in [0.25, 0.3) is 0 Å². The fourth-order valence-electron chi connectivity index (χ4n) is 2.79. The van der Waals surface area contributed by atoms with Crippen molar-refractivity contribution in [1.29, 1.82) is 0 Å². The van der Waals surface area contributed by atoms with Gasteiger partial charge in [0.2, 0.25) is 5.88 Å². The van der Waals surface area contributed by atoms with Gasteiger partial charge in [-0.15, -0.1) is 0 Å². The van der Waals surface area contributed by atoms with Crippen LogP contribution in [0.4, 0.5) is 0 Å². The van der Waals surface area contributed by atoms with E-state index in [2.05, 4.69) is 35.4 Å². The highest BCUT2D eigenvalue weighted by Gasteiger charge is 2.19. The average molecular weight is 298 g/mol. The molecule has 0 saturated heterocycles. The number of rotatable bonds is 4. The summed E-state index contributed by atoms with van der Waals surface area (Å²) in [7, 11) is 1.64. The van der Waals surface area contributed by atoms with Crippen LogP contribution in [0, 0.1) is 6.92 Å². The van der Waals surface area contributed by atoms with Gasteiger partial charge in [-0.2, -0.15) is 0 Å². The number of ether oxygens (including phenoxy) is 2. The van der Waals surface area contributed by atoms with Gasteiger partial charge in [0.1, 0.15) is 5.75 Å². The van der Waals surface area contributed by atoms with E-state index in [1.54, 1.807) is 7.11 Å². The third-order valence-corrected chi connectivity index (χ3v) is 3.96. The molecule has 0 fully saturated rings. The second kappa shape index (κ2) is 6.79. The smallest absolute Gasteiger partial charge is 0.213 e. The quantitative estimate of drug-likeness (QED) is 0.939. The number of nitrogens with zero attached hydrogens (tertiary/aromatic N) is 1. The van der Waals surface area contributed by atoms with E-state index in [1.807, 2.05) is 18.2 Å². The lowest BCUT2D eigenvalue weighted by atomic mass is 10.0. The normalized spacial score (nSPS) is 17.3. The molecule has 2 aromatic rings. The molecular weight excluding hydrogens is 276 g/mol. The van der Waals surface area contributed by atoms with Gasteiger partial charge in [0.05, 0.1) is 19.4 Å². The van der Waals surface area contributed by atoms with E-state index in [1.165, 1.54) is 11.1 Å². The molecule has 0 aliphatic carbocycles. The first kappa shape index (κ1) is 14.9. The molecule has 3 rings (SSSR count). The largest absolute Gasteiger partial charge is 0.493 e. The van der Waals surface area contributed by atoms with Crippen molar-refractivity contribution in [3.8, 4) is 11.6 Å². The lowest BCUT2D eigenvalue weighted by Crippen LogP contribution is -2.21. The van der Waals surface area contributed by atoms with Crippen LogP contribution in [-0.4, -0.2) is 18.7 Å². The van der Waals surface area contributed by atoms with Gasteiger partial charge in [-0.05, 0) is 37.5 Å². The molecule has 22 heavy (non-hydrogen) atoms. The van der Waals surface area contributed by atoms with Crippen molar-refractivity contribution < 1.29 is 9.47 Å². The van der Waals surface area contributed by atoms with Gasteiger partial charge in [0.15, 0.2) is 0 Å². The lowest BCUT2D eigenvalue weighted by Gasteiger charge is -2.18. The number of hydrogen-bond acceptors (Lipinski definition) is 4. The van der Waals surface area contributed by atoms with Gasteiger partial charge in [-0.3, -0.25) is 0 Å². The molecular formula is C18H22N2O2. The summed E-state index contributed by atoms with van der Waals surface area (Å²) in [5.74, 6) is 1.66. The van der Waals surface area contributed by atoms with Crippen molar-refractivity contribution in [3.63, 3.8) is 0 Å². The SMILES string of the molecule is COc1cccc(CN[C@@H]2CCCOc3cc(C)ccc32)n1. The molecule has 1 N–H and O–H groups in total. The van der Waals surface area contributed by atoms with Crippen molar-refractivity contribution in [3.05, 3.63) is 53.2 Å². The highest BCUT2D eigenvalue weighted by molar-refractivity contribution is 5.40. The summed E-state index contributed by atoms with van der Waals surface area (Å²) in [6, 6.07) is 12.6.